The standard InChI is InChI=1S/C15H21NO5/c1-19-14-11(13(17)15(18)20-2)6-3-7-12(14)21-10-5-4-8-16-9-10/h3,6-7,10,13,16-17H,4-5,8-9H2,1-2H3. The number of ether oxygens (including phenoxy) is 3. The van der Waals surface area contributed by atoms with E-state index in [-0.39, 0.29) is 6.10 Å². The third-order valence-electron chi connectivity index (χ3n) is 3.48. The molecule has 116 valence electrons. The van der Waals surface area contributed by atoms with Gasteiger partial charge in [0.2, 0.25) is 0 Å². The Kier molecular flexibility index (Phi) is 5.41. The van der Waals surface area contributed by atoms with Gasteiger partial charge in [0.1, 0.15) is 6.10 Å². The van der Waals surface area contributed by atoms with Gasteiger partial charge in [-0.25, -0.2) is 4.79 Å². The number of esters is 1. The topological polar surface area (TPSA) is 77.0 Å². The summed E-state index contributed by atoms with van der Waals surface area (Å²) in [5.74, 6) is 0.150. The molecule has 2 rings (SSSR count). The van der Waals surface area contributed by atoms with E-state index < -0.39 is 12.1 Å². The van der Waals surface area contributed by atoms with Gasteiger partial charge >= 0.3 is 5.97 Å². The second-order valence-corrected chi connectivity index (χ2v) is 4.89. The maximum atomic E-state index is 11.5. The molecule has 21 heavy (non-hydrogen) atoms. The average Bonchev–Trinajstić information content (AvgIpc) is 2.54. The molecule has 1 aromatic carbocycles. The quantitative estimate of drug-likeness (QED) is 0.790. The molecule has 6 heteroatoms. The first kappa shape index (κ1) is 15.6. The zero-order valence-corrected chi connectivity index (χ0v) is 12.3. The summed E-state index contributed by atoms with van der Waals surface area (Å²) in [4.78, 5) is 11.5. The number of hydrogen-bond donors (Lipinski definition) is 2. The Morgan fingerprint density at radius 3 is 2.86 bits per heavy atom. The van der Waals surface area contributed by atoms with Crippen LogP contribution in [0.1, 0.15) is 24.5 Å². The molecule has 0 amide bonds. The van der Waals surface area contributed by atoms with Crippen LogP contribution in [0.15, 0.2) is 18.2 Å². The minimum Gasteiger partial charge on any atom is -0.492 e. The van der Waals surface area contributed by atoms with Crippen molar-refractivity contribution in [2.75, 3.05) is 27.3 Å². The van der Waals surface area contributed by atoms with Crippen LogP contribution in [0.3, 0.4) is 0 Å². The van der Waals surface area contributed by atoms with Gasteiger partial charge in [-0.15, -0.1) is 0 Å². The first-order valence-electron chi connectivity index (χ1n) is 6.97. The number of hydrogen-bond acceptors (Lipinski definition) is 6. The summed E-state index contributed by atoms with van der Waals surface area (Å²) >= 11 is 0. The van der Waals surface area contributed by atoms with Crippen LogP contribution in [0, 0.1) is 0 Å². The van der Waals surface area contributed by atoms with Crippen LogP contribution in [0.5, 0.6) is 11.5 Å². The highest BCUT2D eigenvalue weighted by molar-refractivity contribution is 5.77. The van der Waals surface area contributed by atoms with E-state index in [0.717, 1.165) is 25.9 Å². The summed E-state index contributed by atoms with van der Waals surface area (Å²) in [5, 5.41) is 13.3. The van der Waals surface area contributed by atoms with Crippen LogP contribution >= 0.6 is 0 Å². The number of benzene rings is 1. The predicted molar refractivity (Wildman–Crippen MR) is 76.5 cm³/mol. The van der Waals surface area contributed by atoms with Crippen LogP contribution in [0.4, 0.5) is 0 Å². The maximum absolute atomic E-state index is 11.5. The van der Waals surface area contributed by atoms with Crippen LogP contribution in [-0.2, 0) is 9.53 Å². The smallest absolute Gasteiger partial charge is 0.339 e. The SMILES string of the molecule is COC(=O)C(O)c1cccc(OC2CCCNC2)c1OC. The Morgan fingerprint density at radius 2 is 2.24 bits per heavy atom. The third-order valence-corrected chi connectivity index (χ3v) is 3.48. The maximum Gasteiger partial charge on any atom is 0.339 e. The highest BCUT2D eigenvalue weighted by atomic mass is 16.5. The Hall–Kier alpha value is -1.79. The monoisotopic (exact) mass is 295 g/mol. The molecular weight excluding hydrogens is 274 g/mol. The zero-order valence-electron chi connectivity index (χ0n) is 12.3. The first-order chi connectivity index (χ1) is 10.2. The van der Waals surface area contributed by atoms with Gasteiger partial charge < -0.3 is 24.6 Å². The number of para-hydroxylation sites is 1. The van der Waals surface area contributed by atoms with Gasteiger partial charge in [-0.3, -0.25) is 0 Å². The fourth-order valence-electron chi connectivity index (χ4n) is 2.40. The summed E-state index contributed by atoms with van der Waals surface area (Å²) in [6, 6.07) is 5.10. The lowest BCUT2D eigenvalue weighted by Crippen LogP contribution is -2.37. The molecular formula is C15H21NO5. The molecule has 1 heterocycles. The number of aliphatic hydroxyl groups is 1. The number of rotatable bonds is 5. The van der Waals surface area contributed by atoms with Gasteiger partial charge in [0.15, 0.2) is 17.6 Å². The van der Waals surface area contributed by atoms with Gasteiger partial charge in [0.25, 0.3) is 0 Å². The van der Waals surface area contributed by atoms with Gasteiger partial charge in [0.05, 0.1) is 14.2 Å². The molecule has 0 radical (unpaired) electrons. The highest BCUT2D eigenvalue weighted by Crippen LogP contribution is 2.36. The molecule has 0 spiro atoms. The van der Waals surface area contributed by atoms with Gasteiger partial charge in [-0.05, 0) is 25.5 Å². The number of aliphatic hydroxyl groups excluding tert-OH is 1. The van der Waals surface area contributed by atoms with Crippen LogP contribution < -0.4 is 14.8 Å². The number of piperidine rings is 1. The van der Waals surface area contributed by atoms with E-state index >= 15 is 0 Å². The van der Waals surface area contributed by atoms with Crippen molar-refractivity contribution in [2.45, 2.75) is 25.0 Å². The number of nitrogens with one attached hydrogen (secondary N) is 1. The lowest BCUT2D eigenvalue weighted by Gasteiger charge is -2.25. The molecule has 2 N–H and O–H groups in total. The Balaban J connectivity index is 2.23. The average molecular weight is 295 g/mol. The van der Waals surface area contributed by atoms with E-state index in [1.165, 1.54) is 14.2 Å². The molecule has 1 aromatic rings. The van der Waals surface area contributed by atoms with Gasteiger partial charge in [-0.2, -0.15) is 0 Å². The number of carbonyl (C=O) groups excluding carboxylic acids is 1. The minimum atomic E-state index is -1.39. The van der Waals surface area contributed by atoms with Crippen molar-refractivity contribution in [3.8, 4) is 11.5 Å². The lowest BCUT2D eigenvalue weighted by molar-refractivity contribution is -0.150. The van der Waals surface area contributed by atoms with Crippen molar-refractivity contribution in [1.82, 2.24) is 5.32 Å². The van der Waals surface area contributed by atoms with Crippen LogP contribution in [-0.4, -0.2) is 44.5 Å². The minimum absolute atomic E-state index is 0.0539. The summed E-state index contributed by atoms with van der Waals surface area (Å²) in [5.41, 5.74) is 0.339. The normalized spacial score (nSPS) is 19.7. The summed E-state index contributed by atoms with van der Waals surface area (Å²) in [7, 11) is 2.71. The largest absolute Gasteiger partial charge is 0.492 e. The molecule has 6 nitrogen and oxygen atoms in total. The molecule has 1 aliphatic heterocycles. The van der Waals surface area contributed by atoms with E-state index in [0.29, 0.717) is 17.1 Å². The van der Waals surface area contributed by atoms with Crippen molar-refractivity contribution in [2.24, 2.45) is 0 Å². The zero-order chi connectivity index (χ0) is 15.2. The van der Waals surface area contributed by atoms with E-state index in [1.54, 1.807) is 18.2 Å². The van der Waals surface area contributed by atoms with Crippen molar-refractivity contribution < 1.29 is 24.1 Å². The molecule has 1 aliphatic rings. The molecule has 2 atom stereocenters. The number of carbonyl (C=O) groups is 1. The molecule has 0 saturated carbocycles. The Bertz CT molecular complexity index is 485. The van der Waals surface area contributed by atoms with E-state index in [4.69, 9.17) is 9.47 Å². The third kappa shape index (κ3) is 3.65. The summed E-state index contributed by atoms with van der Waals surface area (Å²) in [6.07, 6.45) is 0.674. The van der Waals surface area contributed by atoms with E-state index in [9.17, 15) is 9.90 Å². The fraction of sp³-hybridized carbons (Fsp3) is 0.533. The fourth-order valence-corrected chi connectivity index (χ4v) is 2.40. The first-order valence-corrected chi connectivity index (χ1v) is 6.97. The number of methoxy groups -OCH3 is 2. The summed E-state index contributed by atoms with van der Waals surface area (Å²) in [6.45, 7) is 1.77. The molecule has 1 fully saturated rings. The molecule has 0 aliphatic carbocycles. The second-order valence-electron chi connectivity index (χ2n) is 4.89. The summed E-state index contributed by atoms with van der Waals surface area (Å²) < 4.78 is 15.8. The van der Waals surface area contributed by atoms with Gasteiger partial charge in [-0.1, -0.05) is 12.1 Å². The van der Waals surface area contributed by atoms with Crippen molar-refractivity contribution in [1.29, 1.82) is 0 Å². The molecule has 0 bridgehead atoms. The van der Waals surface area contributed by atoms with E-state index in [1.807, 2.05) is 0 Å². The van der Waals surface area contributed by atoms with Crippen LogP contribution in [0.2, 0.25) is 0 Å². The van der Waals surface area contributed by atoms with Crippen molar-refractivity contribution >= 4 is 5.97 Å². The van der Waals surface area contributed by atoms with Crippen LogP contribution in [0.25, 0.3) is 0 Å². The Labute approximate surface area is 124 Å². The van der Waals surface area contributed by atoms with Crippen molar-refractivity contribution in [3.05, 3.63) is 23.8 Å². The molecule has 2 unspecified atom stereocenters. The molecule has 1 saturated heterocycles. The lowest BCUT2D eigenvalue weighted by atomic mass is 10.1. The predicted octanol–water partition coefficient (Wildman–Crippen LogP) is 1.03. The second kappa shape index (κ2) is 7.28. The molecule has 0 aromatic heterocycles. The highest BCUT2D eigenvalue weighted by Gasteiger charge is 2.25. The van der Waals surface area contributed by atoms with Gasteiger partial charge in [0, 0.05) is 12.1 Å². The van der Waals surface area contributed by atoms with E-state index in [2.05, 4.69) is 10.1 Å². The van der Waals surface area contributed by atoms with Crippen molar-refractivity contribution in [3.63, 3.8) is 0 Å². The Morgan fingerprint density at radius 1 is 1.43 bits per heavy atom.